The smallest absolute Gasteiger partial charge is 0.327 e. The summed E-state index contributed by atoms with van der Waals surface area (Å²) < 4.78 is 10.8. The summed E-state index contributed by atoms with van der Waals surface area (Å²) >= 11 is 0. The van der Waals surface area contributed by atoms with E-state index in [0.717, 1.165) is 23.1 Å². The number of ether oxygens (including phenoxy) is 2. The predicted molar refractivity (Wildman–Crippen MR) is 124 cm³/mol. The van der Waals surface area contributed by atoms with Gasteiger partial charge in [0.25, 0.3) is 5.91 Å². The Morgan fingerprint density at radius 1 is 1.12 bits per heavy atom. The number of hydrogen-bond donors (Lipinski definition) is 1. The second kappa shape index (κ2) is 10.5. The number of benzene rings is 1. The van der Waals surface area contributed by atoms with Crippen molar-refractivity contribution in [2.24, 2.45) is 0 Å². The lowest BCUT2D eigenvalue weighted by molar-refractivity contribution is -0.128. The number of methoxy groups -OCH3 is 2. The van der Waals surface area contributed by atoms with Gasteiger partial charge in [-0.05, 0) is 47.7 Å². The number of aromatic nitrogens is 1. The van der Waals surface area contributed by atoms with Gasteiger partial charge in [-0.2, -0.15) is 0 Å². The van der Waals surface area contributed by atoms with Crippen molar-refractivity contribution >= 4 is 17.8 Å². The number of nitrogens with one attached hydrogen (secondary N) is 1. The molecular formula is C25H30N4O5. The molecule has 1 fully saturated rings. The summed E-state index contributed by atoms with van der Waals surface area (Å²) in [7, 11) is 3.16. The van der Waals surface area contributed by atoms with Crippen LogP contribution in [0.1, 0.15) is 42.4 Å². The quantitative estimate of drug-likeness (QED) is 0.427. The van der Waals surface area contributed by atoms with Gasteiger partial charge in [-0.1, -0.05) is 12.5 Å². The van der Waals surface area contributed by atoms with Gasteiger partial charge in [0.05, 0.1) is 14.2 Å². The zero-order chi connectivity index (χ0) is 24.1. The third-order valence-corrected chi connectivity index (χ3v) is 6.36. The molecule has 1 saturated heterocycles. The van der Waals surface area contributed by atoms with Gasteiger partial charge >= 0.3 is 6.03 Å². The first-order chi connectivity index (χ1) is 16.5. The van der Waals surface area contributed by atoms with E-state index in [9.17, 15) is 14.4 Å². The van der Waals surface area contributed by atoms with Crippen LogP contribution in [0.25, 0.3) is 0 Å². The van der Waals surface area contributed by atoms with Gasteiger partial charge in [0, 0.05) is 44.9 Å². The Balaban J connectivity index is 1.24. The molecule has 4 amide bonds. The molecule has 0 spiro atoms. The van der Waals surface area contributed by atoms with E-state index in [0.29, 0.717) is 56.8 Å². The Hall–Kier alpha value is -3.62. The van der Waals surface area contributed by atoms with Gasteiger partial charge in [0.15, 0.2) is 11.5 Å². The van der Waals surface area contributed by atoms with Crippen molar-refractivity contribution in [3.8, 4) is 11.5 Å². The monoisotopic (exact) mass is 466 g/mol. The minimum absolute atomic E-state index is 0.0158. The Morgan fingerprint density at radius 2 is 1.88 bits per heavy atom. The second-order valence-corrected chi connectivity index (χ2v) is 8.54. The maximum absolute atomic E-state index is 13.0. The van der Waals surface area contributed by atoms with Crippen LogP contribution >= 0.6 is 0 Å². The number of pyridine rings is 1. The van der Waals surface area contributed by atoms with Gasteiger partial charge in [0.2, 0.25) is 5.91 Å². The lowest BCUT2D eigenvalue weighted by Gasteiger charge is -2.29. The summed E-state index contributed by atoms with van der Waals surface area (Å²) in [6.45, 7) is 1.20. The van der Waals surface area contributed by atoms with E-state index in [-0.39, 0.29) is 17.8 Å². The largest absolute Gasteiger partial charge is 0.493 e. The number of fused-ring (bicyclic) bond motifs is 2. The van der Waals surface area contributed by atoms with E-state index in [4.69, 9.17) is 9.47 Å². The predicted octanol–water partition coefficient (Wildman–Crippen LogP) is 2.66. The van der Waals surface area contributed by atoms with Crippen LogP contribution in [0.15, 0.2) is 36.7 Å². The fraction of sp³-hybridized carbons (Fsp3) is 0.440. The van der Waals surface area contributed by atoms with Crippen LogP contribution in [0.2, 0.25) is 0 Å². The molecule has 0 radical (unpaired) electrons. The number of carbonyl (C=O) groups excluding carboxylic acids is 3. The third kappa shape index (κ3) is 4.98. The summed E-state index contributed by atoms with van der Waals surface area (Å²) in [5.41, 5.74) is 2.92. The van der Waals surface area contributed by atoms with Crippen molar-refractivity contribution in [2.45, 2.75) is 51.2 Å². The molecule has 9 heteroatoms. The molecule has 3 heterocycles. The van der Waals surface area contributed by atoms with Crippen LogP contribution in [0.3, 0.4) is 0 Å². The fourth-order valence-corrected chi connectivity index (χ4v) is 4.49. The van der Waals surface area contributed by atoms with Crippen molar-refractivity contribution < 1.29 is 23.9 Å². The zero-order valence-electron chi connectivity index (χ0n) is 19.6. The summed E-state index contributed by atoms with van der Waals surface area (Å²) in [6.07, 6.45) is 6.43. The molecule has 1 N–H and O–H groups in total. The number of amides is 4. The molecule has 0 unspecified atom stereocenters. The van der Waals surface area contributed by atoms with Crippen molar-refractivity contribution in [1.29, 1.82) is 0 Å². The molecule has 2 aliphatic rings. The summed E-state index contributed by atoms with van der Waals surface area (Å²) in [6, 6.07) is 6.80. The van der Waals surface area contributed by atoms with Crippen molar-refractivity contribution in [1.82, 2.24) is 20.1 Å². The molecule has 1 atom stereocenters. The number of carbonyl (C=O) groups is 3. The number of urea groups is 1. The number of rotatable bonds is 10. The van der Waals surface area contributed by atoms with E-state index < -0.39 is 6.04 Å². The van der Waals surface area contributed by atoms with Crippen molar-refractivity contribution in [2.75, 3.05) is 20.8 Å². The highest BCUT2D eigenvalue weighted by Crippen LogP contribution is 2.37. The van der Waals surface area contributed by atoms with Gasteiger partial charge in [-0.15, -0.1) is 0 Å². The van der Waals surface area contributed by atoms with E-state index >= 15 is 0 Å². The second-order valence-electron chi connectivity index (χ2n) is 8.54. The Kier molecular flexibility index (Phi) is 7.30. The first-order valence-electron chi connectivity index (χ1n) is 11.5. The van der Waals surface area contributed by atoms with Crippen molar-refractivity contribution in [3.63, 3.8) is 0 Å². The molecule has 1 aromatic carbocycles. The highest BCUT2D eigenvalue weighted by atomic mass is 16.5. The van der Waals surface area contributed by atoms with E-state index in [1.165, 1.54) is 4.90 Å². The molecule has 0 aliphatic carbocycles. The lowest BCUT2D eigenvalue weighted by Crippen LogP contribution is -2.40. The lowest BCUT2D eigenvalue weighted by atomic mass is 9.94. The molecule has 0 saturated carbocycles. The maximum atomic E-state index is 13.0. The van der Waals surface area contributed by atoms with E-state index in [2.05, 4.69) is 10.3 Å². The van der Waals surface area contributed by atoms with Gasteiger partial charge < -0.3 is 19.7 Å². The maximum Gasteiger partial charge on any atom is 0.327 e. The minimum Gasteiger partial charge on any atom is -0.493 e. The molecule has 1 aromatic heterocycles. The number of unbranched alkanes of at least 4 members (excludes halogenated alkanes) is 2. The van der Waals surface area contributed by atoms with Crippen LogP contribution in [0.4, 0.5) is 4.79 Å². The number of nitrogens with zero attached hydrogens (tertiary/aromatic N) is 3. The topological polar surface area (TPSA) is 101 Å². The van der Waals surface area contributed by atoms with E-state index in [1.54, 1.807) is 31.5 Å². The van der Waals surface area contributed by atoms with Crippen LogP contribution in [-0.2, 0) is 29.1 Å². The average molecular weight is 467 g/mol. The first-order valence-corrected chi connectivity index (χ1v) is 11.5. The van der Waals surface area contributed by atoms with Gasteiger partial charge in [-0.25, -0.2) is 4.79 Å². The Labute approximate surface area is 199 Å². The SMILES string of the molecule is COc1cc2c(cc1OC)CN1C(=O)N(CCCCCC(=O)NCc3cccnc3)C(=O)[C@@H]1C2. The molecule has 0 bridgehead atoms. The molecule has 2 aliphatic heterocycles. The fourth-order valence-electron chi connectivity index (χ4n) is 4.49. The molecule has 9 nitrogen and oxygen atoms in total. The molecule has 2 aromatic rings. The average Bonchev–Trinajstić information content (AvgIpc) is 3.09. The third-order valence-electron chi connectivity index (χ3n) is 6.36. The van der Waals surface area contributed by atoms with Gasteiger partial charge in [-0.3, -0.25) is 19.5 Å². The normalized spacial score (nSPS) is 16.8. The van der Waals surface area contributed by atoms with Crippen LogP contribution in [0.5, 0.6) is 11.5 Å². The summed E-state index contributed by atoms with van der Waals surface area (Å²) in [5, 5.41) is 2.88. The van der Waals surface area contributed by atoms with Crippen LogP contribution in [-0.4, -0.2) is 59.4 Å². The Bertz CT molecular complexity index is 1010. The molecule has 34 heavy (non-hydrogen) atoms. The molecule has 180 valence electrons. The number of imide groups is 1. The van der Waals surface area contributed by atoms with Gasteiger partial charge in [0.1, 0.15) is 6.04 Å². The van der Waals surface area contributed by atoms with E-state index in [1.807, 2.05) is 24.3 Å². The highest BCUT2D eigenvalue weighted by molar-refractivity contribution is 6.04. The van der Waals surface area contributed by atoms with Crippen LogP contribution in [0, 0.1) is 0 Å². The van der Waals surface area contributed by atoms with Crippen molar-refractivity contribution in [3.05, 3.63) is 53.3 Å². The summed E-state index contributed by atoms with van der Waals surface area (Å²) in [4.78, 5) is 45.0. The zero-order valence-corrected chi connectivity index (χ0v) is 19.6. The standard InChI is InChI=1S/C25H30N4O5/c1-33-21-12-18-11-20-24(31)28(25(32)29(20)16-19(18)13-22(21)34-2)10-5-3-4-8-23(30)27-15-17-7-6-9-26-14-17/h6-7,9,12-14,20H,3-5,8,10-11,15-16H2,1-2H3,(H,27,30)/t20-/m0/s1. The minimum atomic E-state index is -0.476. The Morgan fingerprint density at radius 3 is 2.59 bits per heavy atom. The molecular weight excluding hydrogens is 436 g/mol. The molecule has 4 rings (SSSR count). The highest BCUT2D eigenvalue weighted by Gasteiger charge is 2.47. The summed E-state index contributed by atoms with van der Waals surface area (Å²) in [5.74, 6) is 1.06. The number of hydrogen-bond acceptors (Lipinski definition) is 6. The first kappa shape index (κ1) is 23.5. The van der Waals surface area contributed by atoms with Crippen LogP contribution < -0.4 is 14.8 Å².